The largest absolute Gasteiger partial charge is 0.330 e. The van der Waals surface area contributed by atoms with Gasteiger partial charge >= 0.3 is 0 Å². The van der Waals surface area contributed by atoms with Gasteiger partial charge in [0.05, 0.1) is 12.5 Å². The van der Waals surface area contributed by atoms with E-state index in [9.17, 15) is 9.18 Å². The molecule has 2 aromatic rings. The number of benzene rings is 1. The van der Waals surface area contributed by atoms with Crippen molar-refractivity contribution in [2.45, 2.75) is 0 Å². The number of anilines is 1. The molecular formula is C11H10FN3O. The fourth-order valence-corrected chi connectivity index (χ4v) is 1.34. The van der Waals surface area contributed by atoms with Gasteiger partial charge in [-0.2, -0.15) is 0 Å². The fraction of sp³-hybridized carbons (Fsp3) is 0.0909. The van der Waals surface area contributed by atoms with Crippen molar-refractivity contribution >= 4 is 11.6 Å². The van der Waals surface area contributed by atoms with Crippen LogP contribution in [0.4, 0.5) is 10.1 Å². The standard InChI is InChI=1S/C11H10FN3O/c1-15-7-13-6-10(15)11(16)14-9-4-2-3-8(12)5-9/h2-7H,1H3,(H,14,16). The van der Waals surface area contributed by atoms with E-state index in [0.717, 1.165) is 0 Å². The average Bonchev–Trinajstić information content (AvgIpc) is 2.64. The van der Waals surface area contributed by atoms with E-state index < -0.39 is 0 Å². The number of nitrogens with zero attached hydrogens (tertiary/aromatic N) is 2. The SMILES string of the molecule is Cn1cncc1C(=O)Nc1cccc(F)c1. The van der Waals surface area contributed by atoms with E-state index in [1.54, 1.807) is 17.7 Å². The summed E-state index contributed by atoms with van der Waals surface area (Å²) in [4.78, 5) is 15.5. The molecule has 2 rings (SSSR count). The number of imidazole rings is 1. The third-order valence-corrected chi connectivity index (χ3v) is 2.13. The Balaban J connectivity index is 2.17. The Labute approximate surface area is 91.7 Å². The number of halogens is 1. The van der Waals surface area contributed by atoms with Gasteiger partial charge in [0.25, 0.3) is 5.91 Å². The van der Waals surface area contributed by atoms with Crippen LogP contribution in [0.3, 0.4) is 0 Å². The minimum atomic E-state index is -0.386. The Hall–Kier alpha value is -2.17. The quantitative estimate of drug-likeness (QED) is 0.837. The predicted molar refractivity (Wildman–Crippen MR) is 57.6 cm³/mol. The van der Waals surface area contributed by atoms with Crippen LogP contribution in [0.25, 0.3) is 0 Å². The smallest absolute Gasteiger partial charge is 0.273 e. The van der Waals surface area contributed by atoms with Crippen LogP contribution in [0.2, 0.25) is 0 Å². The van der Waals surface area contributed by atoms with Gasteiger partial charge in [0, 0.05) is 12.7 Å². The normalized spacial score (nSPS) is 10.1. The van der Waals surface area contributed by atoms with E-state index in [1.165, 1.54) is 30.7 Å². The summed E-state index contributed by atoms with van der Waals surface area (Å²) < 4.78 is 14.5. The molecule has 16 heavy (non-hydrogen) atoms. The zero-order valence-electron chi connectivity index (χ0n) is 8.64. The van der Waals surface area contributed by atoms with Crippen LogP contribution in [-0.2, 0) is 7.05 Å². The van der Waals surface area contributed by atoms with Crippen LogP contribution in [0, 0.1) is 5.82 Å². The first-order valence-electron chi connectivity index (χ1n) is 4.70. The van der Waals surface area contributed by atoms with Crippen molar-refractivity contribution in [3.8, 4) is 0 Å². The maximum absolute atomic E-state index is 12.9. The van der Waals surface area contributed by atoms with Gasteiger partial charge in [-0.05, 0) is 18.2 Å². The summed E-state index contributed by atoms with van der Waals surface area (Å²) in [6, 6.07) is 5.74. The van der Waals surface area contributed by atoms with Crippen molar-refractivity contribution in [2.75, 3.05) is 5.32 Å². The van der Waals surface area contributed by atoms with Crippen molar-refractivity contribution in [3.63, 3.8) is 0 Å². The second-order valence-electron chi connectivity index (χ2n) is 3.35. The van der Waals surface area contributed by atoms with Gasteiger partial charge in [0.15, 0.2) is 0 Å². The molecule has 0 bridgehead atoms. The van der Waals surface area contributed by atoms with Gasteiger partial charge in [-0.3, -0.25) is 4.79 Å². The number of carbonyl (C=O) groups excluding carboxylic acids is 1. The van der Waals surface area contributed by atoms with Gasteiger partial charge < -0.3 is 9.88 Å². The highest BCUT2D eigenvalue weighted by atomic mass is 19.1. The lowest BCUT2D eigenvalue weighted by Crippen LogP contribution is -2.15. The third kappa shape index (κ3) is 2.08. The molecule has 0 atom stereocenters. The zero-order valence-corrected chi connectivity index (χ0v) is 8.64. The molecule has 1 heterocycles. The lowest BCUT2D eigenvalue weighted by Gasteiger charge is -2.05. The molecule has 0 saturated carbocycles. The summed E-state index contributed by atoms with van der Waals surface area (Å²) in [5, 5.41) is 2.59. The van der Waals surface area contributed by atoms with Crippen molar-refractivity contribution < 1.29 is 9.18 Å². The van der Waals surface area contributed by atoms with E-state index in [2.05, 4.69) is 10.3 Å². The molecule has 5 heteroatoms. The summed E-state index contributed by atoms with van der Waals surface area (Å²) in [5.41, 5.74) is 0.843. The number of amides is 1. The maximum atomic E-state index is 12.9. The van der Waals surface area contributed by atoms with Gasteiger partial charge in [-0.1, -0.05) is 6.07 Å². The maximum Gasteiger partial charge on any atom is 0.273 e. The molecular weight excluding hydrogens is 209 g/mol. The Kier molecular flexibility index (Phi) is 2.68. The first-order chi connectivity index (χ1) is 7.66. The molecule has 0 spiro atoms. The van der Waals surface area contributed by atoms with Gasteiger partial charge in [0.1, 0.15) is 11.5 Å². The second kappa shape index (κ2) is 4.14. The number of aromatic nitrogens is 2. The highest BCUT2D eigenvalue weighted by molar-refractivity contribution is 6.02. The predicted octanol–water partition coefficient (Wildman–Crippen LogP) is 1.81. The minimum Gasteiger partial charge on any atom is -0.330 e. The molecule has 0 aliphatic rings. The first-order valence-corrected chi connectivity index (χ1v) is 4.70. The number of hydrogen-bond donors (Lipinski definition) is 1. The van der Waals surface area contributed by atoms with E-state index in [0.29, 0.717) is 11.4 Å². The molecule has 82 valence electrons. The molecule has 1 aromatic heterocycles. The molecule has 1 amide bonds. The Morgan fingerprint density at radius 1 is 1.50 bits per heavy atom. The summed E-state index contributed by atoms with van der Waals surface area (Å²) in [6.07, 6.45) is 2.98. The molecule has 4 nitrogen and oxygen atoms in total. The summed E-state index contributed by atoms with van der Waals surface area (Å²) in [7, 11) is 1.72. The molecule has 0 saturated heterocycles. The minimum absolute atomic E-state index is 0.314. The van der Waals surface area contributed by atoms with Crippen molar-refractivity contribution in [3.05, 3.63) is 48.3 Å². The van der Waals surface area contributed by atoms with Crippen molar-refractivity contribution in [1.82, 2.24) is 9.55 Å². The van der Waals surface area contributed by atoms with E-state index >= 15 is 0 Å². The van der Waals surface area contributed by atoms with E-state index in [-0.39, 0.29) is 11.7 Å². The number of carbonyl (C=O) groups is 1. The summed E-state index contributed by atoms with van der Waals surface area (Å²) in [6.45, 7) is 0. The third-order valence-electron chi connectivity index (χ3n) is 2.13. The zero-order chi connectivity index (χ0) is 11.5. The summed E-state index contributed by atoms with van der Waals surface area (Å²) in [5.74, 6) is -0.701. The van der Waals surface area contributed by atoms with Crippen LogP contribution >= 0.6 is 0 Å². The van der Waals surface area contributed by atoms with Crippen LogP contribution in [0.15, 0.2) is 36.8 Å². The highest BCUT2D eigenvalue weighted by Gasteiger charge is 2.09. The molecule has 0 aliphatic heterocycles. The fourth-order valence-electron chi connectivity index (χ4n) is 1.34. The lowest BCUT2D eigenvalue weighted by atomic mass is 10.3. The Morgan fingerprint density at radius 2 is 2.31 bits per heavy atom. The molecule has 1 N–H and O–H groups in total. The summed E-state index contributed by atoms with van der Waals surface area (Å²) >= 11 is 0. The molecule has 0 unspecified atom stereocenters. The average molecular weight is 219 g/mol. The van der Waals surface area contributed by atoms with E-state index in [1.807, 2.05) is 0 Å². The van der Waals surface area contributed by atoms with Crippen LogP contribution < -0.4 is 5.32 Å². The number of rotatable bonds is 2. The Bertz CT molecular complexity index is 521. The van der Waals surface area contributed by atoms with Crippen molar-refractivity contribution in [2.24, 2.45) is 7.05 Å². The number of nitrogens with one attached hydrogen (secondary N) is 1. The van der Waals surface area contributed by atoms with Gasteiger partial charge in [-0.25, -0.2) is 9.37 Å². The number of hydrogen-bond acceptors (Lipinski definition) is 2. The topological polar surface area (TPSA) is 46.9 Å². The highest BCUT2D eigenvalue weighted by Crippen LogP contribution is 2.10. The van der Waals surface area contributed by atoms with E-state index in [4.69, 9.17) is 0 Å². The molecule has 0 radical (unpaired) electrons. The van der Waals surface area contributed by atoms with Gasteiger partial charge in [0.2, 0.25) is 0 Å². The monoisotopic (exact) mass is 219 g/mol. The Morgan fingerprint density at radius 3 is 2.94 bits per heavy atom. The van der Waals surface area contributed by atoms with Crippen LogP contribution in [0.5, 0.6) is 0 Å². The molecule has 0 fully saturated rings. The second-order valence-corrected chi connectivity index (χ2v) is 3.35. The van der Waals surface area contributed by atoms with Crippen molar-refractivity contribution in [1.29, 1.82) is 0 Å². The van der Waals surface area contributed by atoms with Gasteiger partial charge in [-0.15, -0.1) is 0 Å². The van der Waals surface area contributed by atoms with Crippen LogP contribution in [-0.4, -0.2) is 15.5 Å². The lowest BCUT2D eigenvalue weighted by molar-refractivity contribution is 0.101. The number of aryl methyl sites for hydroxylation is 1. The molecule has 1 aromatic carbocycles. The molecule has 0 aliphatic carbocycles. The van der Waals surface area contributed by atoms with Crippen LogP contribution in [0.1, 0.15) is 10.5 Å². The first kappa shape index (κ1) is 10.4.